The van der Waals surface area contributed by atoms with E-state index in [1.165, 1.54) is 12.4 Å². The molecule has 1 N–H and O–H groups in total. The minimum atomic E-state index is -0.205. The quantitative estimate of drug-likeness (QED) is 0.896. The first-order chi connectivity index (χ1) is 8.60. The van der Waals surface area contributed by atoms with Crippen LogP contribution in [-0.2, 0) is 13.5 Å². The molecule has 1 aromatic carbocycles. The highest BCUT2D eigenvalue weighted by Gasteiger charge is 2.14. The maximum absolute atomic E-state index is 13.4. The Hall–Kier alpha value is -1.75. The molecule has 0 radical (unpaired) electrons. The van der Waals surface area contributed by atoms with Crippen LogP contribution >= 0.6 is 0 Å². The van der Waals surface area contributed by atoms with Crippen molar-refractivity contribution in [2.45, 2.75) is 19.4 Å². The van der Waals surface area contributed by atoms with Gasteiger partial charge in [0, 0.05) is 19.5 Å². The minimum Gasteiger partial charge on any atom is -0.313 e. The minimum absolute atomic E-state index is 0.0299. The molecular formula is C13H17FN4. The van der Waals surface area contributed by atoms with Gasteiger partial charge < -0.3 is 5.32 Å². The molecule has 0 aliphatic carbocycles. The molecule has 1 aromatic heterocycles. The molecule has 18 heavy (non-hydrogen) atoms. The molecule has 0 aliphatic rings. The van der Waals surface area contributed by atoms with Crippen LogP contribution in [0.1, 0.15) is 23.0 Å². The summed E-state index contributed by atoms with van der Waals surface area (Å²) in [5.74, 6) is 0.666. The Labute approximate surface area is 106 Å². The summed E-state index contributed by atoms with van der Waals surface area (Å²) in [7, 11) is 3.72. The molecule has 0 saturated heterocycles. The summed E-state index contributed by atoms with van der Waals surface area (Å²) in [6, 6.07) is 5.10. The molecule has 4 nitrogen and oxygen atoms in total. The first kappa shape index (κ1) is 12.7. The lowest BCUT2D eigenvalue weighted by atomic mass is 10.0. The molecule has 0 spiro atoms. The Morgan fingerprint density at radius 2 is 2.17 bits per heavy atom. The number of aryl methyl sites for hydroxylation is 2. The first-order valence-corrected chi connectivity index (χ1v) is 5.87. The van der Waals surface area contributed by atoms with Gasteiger partial charge in [-0.1, -0.05) is 6.07 Å². The third-order valence-electron chi connectivity index (χ3n) is 3.01. The topological polar surface area (TPSA) is 42.7 Å². The van der Waals surface area contributed by atoms with Crippen molar-refractivity contribution in [2.75, 3.05) is 7.05 Å². The van der Waals surface area contributed by atoms with Gasteiger partial charge in [-0.3, -0.25) is 4.68 Å². The molecule has 0 aliphatic heterocycles. The smallest absolute Gasteiger partial charge is 0.138 e. The van der Waals surface area contributed by atoms with Crippen LogP contribution in [0.5, 0.6) is 0 Å². The standard InChI is InChI=1S/C13H17FN4/c1-9-4-10(6-11(14)5-9)12(15-2)7-13-16-8-17-18(13)3/h4-6,8,12,15H,7H2,1-3H3. The summed E-state index contributed by atoms with van der Waals surface area (Å²) in [6.45, 7) is 1.89. The van der Waals surface area contributed by atoms with Gasteiger partial charge in [-0.15, -0.1) is 0 Å². The molecule has 1 unspecified atom stereocenters. The maximum atomic E-state index is 13.4. The molecule has 0 fully saturated rings. The zero-order chi connectivity index (χ0) is 13.1. The fourth-order valence-electron chi connectivity index (χ4n) is 2.04. The lowest BCUT2D eigenvalue weighted by Crippen LogP contribution is -2.21. The second-order valence-corrected chi connectivity index (χ2v) is 4.41. The van der Waals surface area contributed by atoms with E-state index in [2.05, 4.69) is 15.4 Å². The average molecular weight is 248 g/mol. The van der Waals surface area contributed by atoms with Gasteiger partial charge in [0.15, 0.2) is 0 Å². The van der Waals surface area contributed by atoms with Crippen molar-refractivity contribution in [2.24, 2.45) is 7.05 Å². The van der Waals surface area contributed by atoms with Gasteiger partial charge in [0.2, 0.25) is 0 Å². The summed E-state index contributed by atoms with van der Waals surface area (Å²) in [4.78, 5) is 4.19. The fourth-order valence-corrected chi connectivity index (χ4v) is 2.04. The number of likely N-dealkylation sites (N-methyl/N-ethyl adjacent to an activating group) is 1. The summed E-state index contributed by atoms with van der Waals surface area (Å²) in [6.07, 6.45) is 2.20. The number of hydrogen-bond acceptors (Lipinski definition) is 3. The molecule has 1 atom stereocenters. The van der Waals surface area contributed by atoms with Crippen molar-refractivity contribution in [3.05, 3.63) is 47.3 Å². The molecule has 96 valence electrons. The van der Waals surface area contributed by atoms with E-state index in [4.69, 9.17) is 0 Å². The van der Waals surface area contributed by atoms with E-state index >= 15 is 0 Å². The van der Waals surface area contributed by atoms with Crippen molar-refractivity contribution < 1.29 is 4.39 Å². The monoisotopic (exact) mass is 248 g/mol. The zero-order valence-electron chi connectivity index (χ0n) is 10.8. The predicted octanol–water partition coefficient (Wildman–Crippen LogP) is 1.77. The molecule has 5 heteroatoms. The molecule has 2 aromatic rings. The van der Waals surface area contributed by atoms with E-state index in [0.717, 1.165) is 17.0 Å². The van der Waals surface area contributed by atoms with Gasteiger partial charge >= 0.3 is 0 Å². The van der Waals surface area contributed by atoms with Crippen molar-refractivity contribution in [1.29, 1.82) is 0 Å². The van der Waals surface area contributed by atoms with Crippen LogP contribution in [0.15, 0.2) is 24.5 Å². The largest absolute Gasteiger partial charge is 0.313 e. The molecular weight excluding hydrogens is 231 g/mol. The van der Waals surface area contributed by atoms with Crippen molar-refractivity contribution >= 4 is 0 Å². The number of hydrogen-bond donors (Lipinski definition) is 1. The Morgan fingerprint density at radius 3 is 2.72 bits per heavy atom. The van der Waals surface area contributed by atoms with Crippen LogP contribution in [0, 0.1) is 12.7 Å². The van der Waals surface area contributed by atoms with E-state index < -0.39 is 0 Å². The van der Waals surface area contributed by atoms with Crippen molar-refractivity contribution in [1.82, 2.24) is 20.1 Å². The van der Waals surface area contributed by atoms with Crippen LogP contribution in [0.4, 0.5) is 4.39 Å². The first-order valence-electron chi connectivity index (χ1n) is 5.87. The van der Waals surface area contributed by atoms with Crippen LogP contribution < -0.4 is 5.32 Å². The molecule has 0 amide bonds. The normalized spacial score (nSPS) is 12.7. The summed E-state index contributed by atoms with van der Waals surface area (Å²) < 4.78 is 15.2. The SMILES string of the molecule is CNC(Cc1ncnn1C)c1cc(C)cc(F)c1. The third kappa shape index (κ3) is 2.73. The fraction of sp³-hybridized carbons (Fsp3) is 0.385. The third-order valence-corrected chi connectivity index (χ3v) is 3.01. The number of nitrogens with zero attached hydrogens (tertiary/aromatic N) is 3. The highest BCUT2D eigenvalue weighted by Crippen LogP contribution is 2.19. The van der Waals surface area contributed by atoms with Crippen LogP contribution in [-0.4, -0.2) is 21.8 Å². The number of aromatic nitrogens is 3. The average Bonchev–Trinajstić information content (AvgIpc) is 2.70. The van der Waals surface area contributed by atoms with Crippen LogP contribution in [0.25, 0.3) is 0 Å². The van der Waals surface area contributed by atoms with Gasteiger partial charge in [-0.25, -0.2) is 9.37 Å². The van der Waals surface area contributed by atoms with Gasteiger partial charge in [-0.2, -0.15) is 5.10 Å². The Balaban J connectivity index is 2.25. The highest BCUT2D eigenvalue weighted by molar-refractivity contribution is 5.26. The van der Waals surface area contributed by atoms with Crippen LogP contribution in [0.2, 0.25) is 0 Å². The molecule has 1 heterocycles. The number of halogens is 1. The van der Waals surface area contributed by atoms with Crippen molar-refractivity contribution in [3.8, 4) is 0 Å². The number of nitrogens with one attached hydrogen (secondary N) is 1. The number of benzene rings is 1. The van der Waals surface area contributed by atoms with Gasteiger partial charge in [0.25, 0.3) is 0 Å². The highest BCUT2D eigenvalue weighted by atomic mass is 19.1. The van der Waals surface area contributed by atoms with E-state index in [1.807, 2.05) is 27.1 Å². The molecule has 2 rings (SSSR count). The van der Waals surface area contributed by atoms with Crippen molar-refractivity contribution in [3.63, 3.8) is 0 Å². The second kappa shape index (κ2) is 5.27. The van der Waals surface area contributed by atoms with E-state index in [0.29, 0.717) is 6.42 Å². The van der Waals surface area contributed by atoms with Gasteiger partial charge in [0.1, 0.15) is 18.0 Å². The summed E-state index contributed by atoms with van der Waals surface area (Å²) >= 11 is 0. The predicted molar refractivity (Wildman–Crippen MR) is 67.6 cm³/mol. The second-order valence-electron chi connectivity index (χ2n) is 4.41. The zero-order valence-corrected chi connectivity index (χ0v) is 10.8. The number of rotatable bonds is 4. The molecule has 0 bridgehead atoms. The van der Waals surface area contributed by atoms with Gasteiger partial charge in [-0.05, 0) is 37.2 Å². The lowest BCUT2D eigenvalue weighted by Gasteiger charge is -2.16. The van der Waals surface area contributed by atoms with Crippen LogP contribution in [0.3, 0.4) is 0 Å². The Kier molecular flexibility index (Phi) is 3.72. The van der Waals surface area contributed by atoms with E-state index in [9.17, 15) is 4.39 Å². The van der Waals surface area contributed by atoms with E-state index in [-0.39, 0.29) is 11.9 Å². The van der Waals surface area contributed by atoms with Gasteiger partial charge in [0.05, 0.1) is 0 Å². The molecule has 0 saturated carbocycles. The summed E-state index contributed by atoms with van der Waals surface area (Å²) in [5.41, 5.74) is 1.85. The summed E-state index contributed by atoms with van der Waals surface area (Å²) in [5, 5.41) is 7.23. The van der Waals surface area contributed by atoms with E-state index in [1.54, 1.807) is 10.7 Å². The Bertz CT molecular complexity index is 515. The maximum Gasteiger partial charge on any atom is 0.138 e. The Morgan fingerprint density at radius 1 is 1.39 bits per heavy atom. The lowest BCUT2D eigenvalue weighted by molar-refractivity contribution is 0.546.